The Labute approximate surface area is 120 Å². The Morgan fingerprint density at radius 2 is 1.79 bits per heavy atom. The van der Waals surface area contributed by atoms with Crippen LogP contribution in [0.3, 0.4) is 0 Å². The van der Waals surface area contributed by atoms with Crippen LogP contribution in [0.4, 0.5) is 0 Å². The van der Waals surface area contributed by atoms with Crippen molar-refractivity contribution >= 4 is 28.1 Å². The molecule has 2 N–H and O–H groups in total. The largest absolute Gasteiger partial charge is 0.362 e. The summed E-state index contributed by atoms with van der Waals surface area (Å²) in [6.45, 7) is 5.99. The molecule has 2 nitrogen and oxygen atoms in total. The molecule has 0 radical (unpaired) electrons. The highest BCUT2D eigenvalue weighted by Crippen LogP contribution is 2.18. The molecule has 0 aliphatic rings. The quantitative estimate of drug-likeness (QED) is 0.834. The van der Waals surface area contributed by atoms with E-state index in [0.717, 1.165) is 18.2 Å². The first-order valence-electron chi connectivity index (χ1n) is 6.65. The molecule has 100 valence electrons. The summed E-state index contributed by atoms with van der Waals surface area (Å²) in [6.07, 6.45) is 0. The minimum absolute atomic E-state index is 0.595. The summed E-state index contributed by atoms with van der Waals surface area (Å²) in [6, 6.07) is 14.8. The molecule has 2 rings (SSSR count). The number of hydrogen-bond acceptors (Lipinski definition) is 1. The van der Waals surface area contributed by atoms with Gasteiger partial charge in [0.25, 0.3) is 0 Å². The van der Waals surface area contributed by atoms with E-state index in [1.165, 1.54) is 16.3 Å². The highest BCUT2D eigenvalue weighted by atomic mass is 32.1. The topological polar surface area (TPSA) is 24.1 Å². The van der Waals surface area contributed by atoms with Crippen LogP contribution in [0.5, 0.6) is 0 Å². The van der Waals surface area contributed by atoms with Crippen molar-refractivity contribution in [2.75, 3.05) is 6.54 Å². The van der Waals surface area contributed by atoms with Crippen LogP contribution in [0.15, 0.2) is 42.5 Å². The van der Waals surface area contributed by atoms with Gasteiger partial charge in [-0.05, 0) is 34.5 Å². The molecular weight excluding hydrogens is 252 g/mol. The summed E-state index contributed by atoms with van der Waals surface area (Å²) >= 11 is 5.27. The summed E-state index contributed by atoms with van der Waals surface area (Å²) < 4.78 is 0. The van der Waals surface area contributed by atoms with Crippen molar-refractivity contribution in [2.45, 2.75) is 20.4 Å². The molecule has 2 aromatic rings. The van der Waals surface area contributed by atoms with Gasteiger partial charge in [0, 0.05) is 13.1 Å². The van der Waals surface area contributed by atoms with Gasteiger partial charge in [0.05, 0.1) is 0 Å². The second kappa shape index (κ2) is 6.53. The van der Waals surface area contributed by atoms with Gasteiger partial charge in [0.2, 0.25) is 0 Å². The smallest absolute Gasteiger partial charge is 0.166 e. The fourth-order valence-electron chi connectivity index (χ4n) is 1.98. The normalized spacial score (nSPS) is 10.7. The number of rotatable bonds is 4. The Morgan fingerprint density at radius 3 is 2.58 bits per heavy atom. The summed E-state index contributed by atoms with van der Waals surface area (Å²) in [4.78, 5) is 0. The third kappa shape index (κ3) is 3.93. The molecule has 0 amide bonds. The maximum atomic E-state index is 5.27. The van der Waals surface area contributed by atoms with Gasteiger partial charge in [-0.15, -0.1) is 0 Å². The molecule has 0 aliphatic carbocycles. The van der Waals surface area contributed by atoms with Crippen molar-refractivity contribution < 1.29 is 0 Å². The van der Waals surface area contributed by atoms with Crippen LogP contribution in [0.25, 0.3) is 10.8 Å². The van der Waals surface area contributed by atoms with E-state index in [1.807, 2.05) is 0 Å². The zero-order valence-electron chi connectivity index (χ0n) is 11.4. The summed E-state index contributed by atoms with van der Waals surface area (Å²) in [5.74, 6) is 0.595. The molecular formula is C16H20N2S. The van der Waals surface area contributed by atoms with Crippen LogP contribution in [-0.2, 0) is 6.54 Å². The van der Waals surface area contributed by atoms with Crippen LogP contribution < -0.4 is 10.6 Å². The van der Waals surface area contributed by atoms with Gasteiger partial charge in [-0.1, -0.05) is 56.3 Å². The van der Waals surface area contributed by atoms with E-state index in [0.29, 0.717) is 5.92 Å². The third-order valence-electron chi connectivity index (χ3n) is 2.99. The van der Waals surface area contributed by atoms with Gasteiger partial charge < -0.3 is 10.6 Å². The van der Waals surface area contributed by atoms with Crippen LogP contribution >= 0.6 is 12.2 Å². The number of hydrogen-bond donors (Lipinski definition) is 2. The number of benzene rings is 2. The molecule has 0 saturated heterocycles. The molecule has 0 heterocycles. The number of fused-ring (bicyclic) bond motifs is 1. The van der Waals surface area contributed by atoms with Crippen molar-refractivity contribution in [3.05, 3.63) is 48.0 Å². The van der Waals surface area contributed by atoms with Crippen LogP contribution in [0, 0.1) is 5.92 Å². The van der Waals surface area contributed by atoms with Crippen LogP contribution in [-0.4, -0.2) is 11.7 Å². The van der Waals surface area contributed by atoms with Crippen molar-refractivity contribution in [3.63, 3.8) is 0 Å². The lowest BCUT2D eigenvalue weighted by atomic mass is 10.0. The monoisotopic (exact) mass is 272 g/mol. The number of nitrogens with one attached hydrogen (secondary N) is 2. The Hall–Kier alpha value is -1.61. The van der Waals surface area contributed by atoms with E-state index >= 15 is 0 Å². The molecule has 3 heteroatoms. The standard InChI is InChI=1S/C16H20N2S/c1-12(2)10-17-16(19)18-11-14-8-5-7-13-6-3-4-9-15(13)14/h3-9,12H,10-11H2,1-2H3,(H2,17,18,19). The van der Waals surface area contributed by atoms with Crippen LogP contribution in [0.2, 0.25) is 0 Å². The highest BCUT2D eigenvalue weighted by molar-refractivity contribution is 7.80. The van der Waals surface area contributed by atoms with Gasteiger partial charge in [-0.2, -0.15) is 0 Å². The van der Waals surface area contributed by atoms with Crippen molar-refractivity contribution in [1.82, 2.24) is 10.6 Å². The second-order valence-corrected chi connectivity index (χ2v) is 5.50. The Morgan fingerprint density at radius 1 is 1.05 bits per heavy atom. The second-order valence-electron chi connectivity index (χ2n) is 5.10. The molecule has 0 fully saturated rings. The first-order valence-corrected chi connectivity index (χ1v) is 7.06. The van der Waals surface area contributed by atoms with E-state index in [2.05, 4.69) is 66.9 Å². The maximum absolute atomic E-state index is 5.27. The van der Waals surface area contributed by atoms with Gasteiger partial charge in [-0.3, -0.25) is 0 Å². The summed E-state index contributed by atoms with van der Waals surface area (Å²) in [5, 5.41) is 9.76. The SMILES string of the molecule is CC(C)CNC(=S)NCc1cccc2ccccc12. The molecule has 0 aliphatic heterocycles. The Bertz CT molecular complexity index is 558. The van der Waals surface area contributed by atoms with Crippen LogP contribution in [0.1, 0.15) is 19.4 Å². The number of thiocarbonyl (C=S) groups is 1. The first-order chi connectivity index (χ1) is 9.16. The van der Waals surface area contributed by atoms with E-state index < -0.39 is 0 Å². The molecule has 0 spiro atoms. The molecule has 0 unspecified atom stereocenters. The van der Waals surface area contributed by atoms with Crippen molar-refractivity contribution in [3.8, 4) is 0 Å². The predicted molar refractivity (Wildman–Crippen MR) is 86.2 cm³/mol. The van der Waals surface area contributed by atoms with E-state index in [9.17, 15) is 0 Å². The maximum Gasteiger partial charge on any atom is 0.166 e. The van der Waals surface area contributed by atoms with E-state index in [4.69, 9.17) is 12.2 Å². The molecule has 0 bridgehead atoms. The fourth-order valence-corrected chi connectivity index (χ4v) is 2.14. The predicted octanol–water partition coefficient (Wildman–Crippen LogP) is 3.46. The van der Waals surface area contributed by atoms with Gasteiger partial charge in [-0.25, -0.2) is 0 Å². The van der Waals surface area contributed by atoms with E-state index in [1.54, 1.807) is 0 Å². The van der Waals surface area contributed by atoms with Gasteiger partial charge in [0.1, 0.15) is 0 Å². The van der Waals surface area contributed by atoms with Crippen molar-refractivity contribution in [1.29, 1.82) is 0 Å². The lowest BCUT2D eigenvalue weighted by Gasteiger charge is -2.13. The van der Waals surface area contributed by atoms with Gasteiger partial charge in [0.15, 0.2) is 5.11 Å². The molecule has 0 atom stereocenters. The Balaban J connectivity index is 2.00. The molecule has 0 saturated carbocycles. The molecule has 0 aromatic heterocycles. The zero-order chi connectivity index (χ0) is 13.7. The average molecular weight is 272 g/mol. The molecule has 2 aromatic carbocycles. The third-order valence-corrected chi connectivity index (χ3v) is 3.28. The highest BCUT2D eigenvalue weighted by Gasteiger charge is 2.01. The minimum atomic E-state index is 0.595. The fraction of sp³-hybridized carbons (Fsp3) is 0.312. The van der Waals surface area contributed by atoms with Gasteiger partial charge >= 0.3 is 0 Å². The van der Waals surface area contributed by atoms with Crippen molar-refractivity contribution in [2.24, 2.45) is 5.92 Å². The lowest BCUT2D eigenvalue weighted by molar-refractivity contribution is 0.619. The summed E-state index contributed by atoms with van der Waals surface area (Å²) in [7, 11) is 0. The molecule has 19 heavy (non-hydrogen) atoms. The minimum Gasteiger partial charge on any atom is -0.362 e. The first kappa shape index (κ1) is 13.8. The summed E-state index contributed by atoms with van der Waals surface area (Å²) in [5.41, 5.74) is 1.27. The zero-order valence-corrected chi connectivity index (χ0v) is 12.3. The Kier molecular flexibility index (Phi) is 4.74. The lowest BCUT2D eigenvalue weighted by Crippen LogP contribution is -2.36. The van der Waals surface area contributed by atoms with E-state index in [-0.39, 0.29) is 0 Å². The average Bonchev–Trinajstić information content (AvgIpc) is 2.42.